The second-order valence-electron chi connectivity index (χ2n) is 5.48. The highest BCUT2D eigenvalue weighted by Crippen LogP contribution is 2.23. The lowest BCUT2D eigenvalue weighted by Gasteiger charge is -2.19. The Morgan fingerprint density at radius 1 is 0.917 bits per heavy atom. The third-order valence-corrected chi connectivity index (χ3v) is 7.59. The molecule has 1 fully saturated rings. The predicted molar refractivity (Wildman–Crippen MR) is 93.6 cm³/mol. The summed E-state index contributed by atoms with van der Waals surface area (Å²) >= 11 is 0. The van der Waals surface area contributed by atoms with Crippen molar-refractivity contribution in [2.75, 3.05) is 26.2 Å². The van der Waals surface area contributed by atoms with Crippen LogP contribution in [0.5, 0.6) is 0 Å². The van der Waals surface area contributed by atoms with E-state index in [2.05, 4.69) is 13.2 Å². The molecular weight excluding hydrogens is 348 g/mol. The van der Waals surface area contributed by atoms with Gasteiger partial charge in [-0.3, -0.25) is 0 Å². The van der Waals surface area contributed by atoms with E-state index in [1.54, 1.807) is 0 Å². The Labute approximate surface area is 144 Å². The van der Waals surface area contributed by atoms with Crippen LogP contribution in [0.4, 0.5) is 0 Å². The second-order valence-corrected chi connectivity index (χ2v) is 9.36. The number of hydrogen-bond donors (Lipinski definition) is 0. The number of sulfonamides is 2. The lowest BCUT2D eigenvalue weighted by molar-refractivity contribution is 0.472. The maximum Gasteiger partial charge on any atom is 0.243 e. The topological polar surface area (TPSA) is 74.8 Å². The molecule has 1 aromatic carbocycles. The molecule has 0 spiro atoms. The third-order valence-electron chi connectivity index (χ3n) is 3.83. The SMILES string of the molecule is C=CCN(CC=C)S(=O)(=O)c1ccc(S(=O)(=O)N2CCCC2)cc1. The van der Waals surface area contributed by atoms with Gasteiger partial charge in [0, 0.05) is 26.2 Å². The van der Waals surface area contributed by atoms with Crippen molar-refractivity contribution < 1.29 is 16.8 Å². The van der Waals surface area contributed by atoms with Crippen molar-refractivity contribution in [1.29, 1.82) is 0 Å². The summed E-state index contributed by atoms with van der Waals surface area (Å²) in [6.07, 6.45) is 4.69. The molecule has 1 aromatic rings. The zero-order chi connectivity index (χ0) is 17.8. The van der Waals surface area contributed by atoms with Crippen LogP contribution in [0.25, 0.3) is 0 Å². The number of nitrogens with zero attached hydrogens (tertiary/aromatic N) is 2. The molecule has 2 rings (SSSR count). The van der Waals surface area contributed by atoms with Gasteiger partial charge < -0.3 is 0 Å². The highest BCUT2D eigenvalue weighted by atomic mass is 32.2. The largest absolute Gasteiger partial charge is 0.243 e. The number of rotatable bonds is 8. The Balaban J connectivity index is 2.31. The Morgan fingerprint density at radius 3 is 1.83 bits per heavy atom. The molecule has 0 radical (unpaired) electrons. The standard InChI is InChI=1S/C16H22N2O4S2/c1-3-11-17(12-4-2)23(19,20)15-7-9-16(10-8-15)24(21,22)18-13-5-6-14-18/h3-4,7-10H,1-2,5-6,11-14H2. The fourth-order valence-corrected chi connectivity index (χ4v) is 5.47. The molecule has 1 saturated heterocycles. The Morgan fingerprint density at radius 2 is 1.38 bits per heavy atom. The van der Waals surface area contributed by atoms with Crippen LogP contribution in [0.3, 0.4) is 0 Å². The summed E-state index contributed by atoms with van der Waals surface area (Å²) in [6, 6.07) is 5.36. The molecule has 0 aliphatic carbocycles. The first-order valence-corrected chi connectivity index (χ1v) is 10.5. The summed E-state index contributed by atoms with van der Waals surface area (Å²) in [7, 11) is -7.27. The van der Waals surface area contributed by atoms with E-state index in [-0.39, 0.29) is 22.9 Å². The van der Waals surface area contributed by atoms with Gasteiger partial charge in [0.05, 0.1) is 9.79 Å². The first kappa shape index (κ1) is 18.9. The Hall–Kier alpha value is -1.48. The molecule has 0 unspecified atom stereocenters. The van der Waals surface area contributed by atoms with Gasteiger partial charge in [-0.05, 0) is 37.1 Å². The summed E-state index contributed by atoms with van der Waals surface area (Å²) < 4.78 is 52.8. The van der Waals surface area contributed by atoms with Crippen molar-refractivity contribution >= 4 is 20.0 Å². The van der Waals surface area contributed by atoms with Gasteiger partial charge >= 0.3 is 0 Å². The summed E-state index contributed by atoms with van der Waals surface area (Å²) in [5.74, 6) is 0. The van der Waals surface area contributed by atoms with E-state index in [0.29, 0.717) is 13.1 Å². The van der Waals surface area contributed by atoms with Gasteiger partial charge in [0.1, 0.15) is 0 Å². The Kier molecular flexibility index (Phi) is 5.97. The minimum Gasteiger partial charge on any atom is -0.207 e. The summed E-state index contributed by atoms with van der Waals surface area (Å²) in [5, 5.41) is 0. The zero-order valence-electron chi connectivity index (χ0n) is 13.5. The average Bonchev–Trinajstić information content (AvgIpc) is 3.10. The molecule has 0 aromatic heterocycles. The van der Waals surface area contributed by atoms with E-state index >= 15 is 0 Å². The van der Waals surface area contributed by atoms with E-state index < -0.39 is 20.0 Å². The van der Waals surface area contributed by atoms with E-state index in [0.717, 1.165) is 12.8 Å². The molecule has 0 saturated carbocycles. The molecule has 132 valence electrons. The fraction of sp³-hybridized carbons (Fsp3) is 0.375. The third kappa shape index (κ3) is 3.77. The zero-order valence-corrected chi connectivity index (χ0v) is 15.1. The van der Waals surface area contributed by atoms with Crippen molar-refractivity contribution in [1.82, 2.24) is 8.61 Å². The molecular formula is C16H22N2O4S2. The van der Waals surface area contributed by atoms with E-state index in [1.165, 1.54) is 45.0 Å². The van der Waals surface area contributed by atoms with E-state index in [9.17, 15) is 16.8 Å². The first-order chi connectivity index (χ1) is 11.3. The molecule has 6 nitrogen and oxygen atoms in total. The van der Waals surface area contributed by atoms with Crippen LogP contribution in [0.15, 0.2) is 59.4 Å². The van der Waals surface area contributed by atoms with Crippen molar-refractivity contribution in [2.45, 2.75) is 22.6 Å². The molecule has 8 heteroatoms. The van der Waals surface area contributed by atoms with Gasteiger partial charge in [0.15, 0.2) is 0 Å². The van der Waals surface area contributed by atoms with Crippen molar-refractivity contribution in [2.24, 2.45) is 0 Å². The van der Waals surface area contributed by atoms with Crippen LogP contribution in [-0.4, -0.2) is 51.6 Å². The highest BCUT2D eigenvalue weighted by Gasteiger charge is 2.28. The molecule has 0 amide bonds. The average molecular weight is 370 g/mol. The second kappa shape index (κ2) is 7.60. The van der Waals surface area contributed by atoms with Crippen LogP contribution in [0, 0.1) is 0 Å². The van der Waals surface area contributed by atoms with Crippen LogP contribution in [0.2, 0.25) is 0 Å². The molecule has 0 atom stereocenters. The highest BCUT2D eigenvalue weighted by molar-refractivity contribution is 7.89. The Bertz CT molecular complexity index is 783. The molecule has 24 heavy (non-hydrogen) atoms. The van der Waals surface area contributed by atoms with Gasteiger partial charge in [-0.2, -0.15) is 8.61 Å². The van der Waals surface area contributed by atoms with Gasteiger partial charge in [0.2, 0.25) is 20.0 Å². The number of benzene rings is 1. The van der Waals surface area contributed by atoms with Gasteiger partial charge in [-0.25, -0.2) is 16.8 Å². The lowest BCUT2D eigenvalue weighted by Crippen LogP contribution is -2.31. The van der Waals surface area contributed by atoms with Gasteiger partial charge in [-0.15, -0.1) is 13.2 Å². The van der Waals surface area contributed by atoms with E-state index in [1.807, 2.05) is 0 Å². The van der Waals surface area contributed by atoms with Gasteiger partial charge in [-0.1, -0.05) is 12.2 Å². The van der Waals surface area contributed by atoms with Crippen LogP contribution >= 0.6 is 0 Å². The molecule has 1 aliphatic rings. The minimum absolute atomic E-state index is 0.0478. The van der Waals surface area contributed by atoms with Crippen molar-refractivity contribution in [3.05, 3.63) is 49.6 Å². The first-order valence-electron chi connectivity index (χ1n) is 7.66. The molecule has 1 aliphatic heterocycles. The minimum atomic E-state index is -3.72. The fourth-order valence-electron chi connectivity index (χ4n) is 2.57. The molecule has 0 bridgehead atoms. The summed E-state index contributed by atoms with van der Waals surface area (Å²) in [6.45, 7) is 8.44. The van der Waals surface area contributed by atoms with Crippen LogP contribution in [0.1, 0.15) is 12.8 Å². The monoisotopic (exact) mass is 370 g/mol. The summed E-state index contributed by atoms with van der Waals surface area (Å²) in [5.41, 5.74) is 0. The normalized spacial score (nSPS) is 16.4. The molecule has 0 N–H and O–H groups in total. The summed E-state index contributed by atoms with van der Waals surface area (Å²) in [4.78, 5) is 0.161. The quantitative estimate of drug-likeness (QED) is 0.655. The lowest BCUT2D eigenvalue weighted by atomic mass is 10.4. The van der Waals surface area contributed by atoms with E-state index in [4.69, 9.17) is 0 Å². The smallest absolute Gasteiger partial charge is 0.207 e. The predicted octanol–water partition coefficient (Wildman–Crippen LogP) is 1.83. The number of hydrogen-bond acceptors (Lipinski definition) is 4. The van der Waals surface area contributed by atoms with Crippen molar-refractivity contribution in [3.63, 3.8) is 0 Å². The van der Waals surface area contributed by atoms with Gasteiger partial charge in [0.25, 0.3) is 0 Å². The molecule has 1 heterocycles. The maximum atomic E-state index is 12.6. The van der Waals surface area contributed by atoms with Crippen LogP contribution in [-0.2, 0) is 20.0 Å². The maximum absolute atomic E-state index is 12.6. The van der Waals surface area contributed by atoms with Crippen LogP contribution < -0.4 is 0 Å². The van der Waals surface area contributed by atoms with Crippen molar-refractivity contribution in [3.8, 4) is 0 Å².